The first-order valence-corrected chi connectivity index (χ1v) is 7.00. The van der Waals surface area contributed by atoms with Gasteiger partial charge < -0.3 is 24.6 Å². The van der Waals surface area contributed by atoms with Crippen LogP contribution in [0, 0.1) is 0 Å². The van der Waals surface area contributed by atoms with E-state index in [0.717, 1.165) is 19.4 Å². The Hall–Kier alpha value is -2.09. The Morgan fingerprint density at radius 3 is 3.00 bits per heavy atom. The highest BCUT2D eigenvalue weighted by Crippen LogP contribution is 2.05. The van der Waals surface area contributed by atoms with Crippen LogP contribution in [0.3, 0.4) is 0 Å². The lowest BCUT2D eigenvalue weighted by atomic mass is 10.3. The van der Waals surface area contributed by atoms with Gasteiger partial charge in [0.1, 0.15) is 0 Å². The van der Waals surface area contributed by atoms with Crippen LogP contribution < -0.4 is 5.32 Å². The van der Waals surface area contributed by atoms with Crippen molar-refractivity contribution in [3.8, 4) is 0 Å². The van der Waals surface area contributed by atoms with Crippen LogP contribution in [0.15, 0.2) is 18.7 Å². The molecule has 0 spiro atoms. The van der Waals surface area contributed by atoms with E-state index in [1.165, 1.54) is 4.90 Å². The monoisotopic (exact) mass is 296 g/mol. The average molecular weight is 296 g/mol. The number of hydrogen-bond donors (Lipinski definition) is 2. The molecule has 1 saturated heterocycles. The first-order chi connectivity index (χ1) is 10.2. The number of carboxylic acid groups (broad SMARTS) is 1. The number of amides is 2. The van der Waals surface area contributed by atoms with Crippen LogP contribution in [-0.2, 0) is 16.1 Å². The highest BCUT2D eigenvalue weighted by Gasteiger charge is 2.28. The Morgan fingerprint density at radius 2 is 2.29 bits per heavy atom. The van der Waals surface area contributed by atoms with Gasteiger partial charge in [-0.3, -0.25) is 0 Å². The van der Waals surface area contributed by atoms with Crippen molar-refractivity contribution in [2.45, 2.75) is 25.5 Å². The van der Waals surface area contributed by atoms with E-state index in [0.29, 0.717) is 13.1 Å². The standard InChI is InChI=1S/C13H20N4O4/c18-12(19)11-9-17(7-8-21-11)13(20)15-3-1-2-5-16-6-4-14-10-16/h4,6,10-11H,1-3,5,7-9H2,(H,15,20)(H,18,19). The Morgan fingerprint density at radius 1 is 1.43 bits per heavy atom. The van der Waals surface area contributed by atoms with E-state index in [1.807, 2.05) is 10.8 Å². The summed E-state index contributed by atoms with van der Waals surface area (Å²) in [5.74, 6) is -1.03. The first-order valence-electron chi connectivity index (χ1n) is 7.00. The Bertz CT molecular complexity index is 463. The molecule has 2 amide bonds. The van der Waals surface area contributed by atoms with Crippen LogP contribution in [0.2, 0.25) is 0 Å². The summed E-state index contributed by atoms with van der Waals surface area (Å²) in [4.78, 5) is 28.2. The molecule has 8 heteroatoms. The van der Waals surface area contributed by atoms with Crippen molar-refractivity contribution >= 4 is 12.0 Å². The second-order valence-corrected chi connectivity index (χ2v) is 4.88. The van der Waals surface area contributed by atoms with Crippen LogP contribution in [-0.4, -0.2) is 63.9 Å². The number of rotatable bonds is 6. The Kier molecular flexibility index (Phi) is 5.56. The Balaban J connectivity index is 1.61. The number of aryl methyl sites for hydroxylation is 1. The Labute approximate surface area is 122 Å². The fourth-order valence-corrected chi connectivity index (χ4v) is 2.13. The van der Waals surface area contributed by atoms with Gasteiger partial charge in [-0.2, -0.15) is 0 Å². The van der Waals surface area contributed by atoms with Gasteiger partial charge in [-0.1, -0.05) is 0 Å². The third kappa shape index (κ3) is 4.75. The van der Waals surface area contributed by atoms with Gasteiger partial charge >= 0.3 is 12.0 Å². The maximum atomic E-state index is 11.9. The summed E-state index contributed by atoms with van der Waals surface area (Å²) in [5.41, 5.74) is 0. The van der Waals surface area contributed by atoms with Crippen molar-refractivity contribution in [1.29, 1.82) is 0 Å². The third-order valence-corrected chi connectivity index (χ3v) is 3.31. The van der Waals surface area contributed by atoms with E-state index in [1.54, 1.807) is 12.5 Å². The number of carbonyl (C=O) groups excluding carboxylic acids is 1. The molecule has 1 atom stereocenters. The predicted molar refractivity (Wildman–Crippen MR) is 73.8 cm³/mol. The molecule has 2 N–H and O–H groups in total. The van der Waals surface area contributed by atoms with Crippen LogP contribution >= 0.6 is 0 Å². The highest BCUT2D eigenvalue weighted by molar-refractivity contribution is 5.77. The SMILES string of the molecule is O=C(O)C1CN(C(=O)NCCCCn2ccnc2)CCO1. The predicted octanol–water partition coefficient (Wildman–Crippen LogP) is 0.158. The van der Waals surface area contributed by atoms with Gasteiger partial charge in [0.2, 0.25) is 0 Å². The zero-order valence-electron chi connectivity index (χ0n) is 11.8. The lowest BCUT2D eigenvalue weighted by molar-refractivity contribution is -0.154. The van der Waals surface area contributed by atoms with Gasteiger partial charge in [0.15, 0.2) is 6.10 Å². The van der Waals surface area contributed by atoms with Crippen molar-refractivity contribution < 1.29 is 19.4 Å². The number of unbranched alkanes of at least 4 members (excludes halogenated alkanes) is 1. The van der Waals surface area contributed by atoms with Gasteiger partial charge in [0.25, 0.3) is 0 Å². The van der Waals surface area contributed by atoms with Crippen molar-refractivity contribution in [2.75, 3.05) is 26.2 Å². The van der Waals surface area contributed by atoms with Crippen LogP contribution in [0.25, 0.3) is 0 Å². The molecule has 8 nitrogen and oxygen atoms in total. The van der Waals surface area contributed by atoms with E-state index in [9.17, 15) is 9.59 Å². The molecule has 1 fully saturated rings. The smallest absolute Gasteiger partial charge is 0.334 e. The molecule has 1 aromatic rings. The summed E-state index contributed by atoms with van der Waals surface area (Å²) in [6.07, 6.45) is 6.27. The zero-order chi connectivity index (χ0) is 15.1. The quantitative estimate of drug-likeness (QED) is 0.729. The summed E-state index contributed by atoms with van der Waals surface area (Å²) in [6.45, 7) is 2.21. The molecule has 1 aliphatic heterocycles. The summed E-state index contributed by atoms with van der Waals surface area (Å²) in [6, 6.07) is -0.229. The number of urea groups is 1. The van der Waals surface area contributed by atoms with E-state index in [-0.39, 0.29) is 19.2 Å². The second kappa shape index (κ2) is 7.63. The molecule has 0 aliphatic carbocycles. The van der Waals surface area contributed by atoms with Crippen molar-refractivity contribution in [3.05, 3.63) is 18.7 Å². The van der Waals surface area contributed by atoms with Gasteiger partial charge in [0.05, 0.1) is 19.5 Å². The average Bonchev–Trinajstić information content (AvgIpc) is 3.00. The molecule has 0 bridgehead atoms. The first kappa shape index (κ1) is 15.3. The van der Waals surface area contributed by atoms with Crippen LogP contribution in [0.4, 0.5) is 4.79 Å². The number of imidazole rings is 1. The lowest BCUT2D eigenvalue weighted by Crippen LogP contribution is -2.51. The third-order valence-electron chi connectivity index (χ3n) is 3.31. The number of morpholine rings is 1. The molecular formula is C13H20N4O4. The number of carboxylic acids is 1. The number of hydrogen-bond acceptors (Lipinski definition) is 4. The zero-order valence-corrected chi connectivity index (χ0v) is 11.8. The fourth-order valence-electron chi connectivity index (χ4n) is 2.13. The molecule has 0 saturated carbocycles. The molecular weight excluding hydrogens is 276 g/mol. The summed E-state index contributed by atoms with van der Waals surface area (Å²) in [7, 11) is 0. The van der Waals surface area contributed by atoms with Gasteiger partial charge in [0, 0.05) is 32.0 Å². The molecule has 1 aliphatic rings. The van der Waals surface area contributed by atoms with Gasteiger partial charge in [-0.05, 0) is 12.8 Å². The molecule has 0 radical (unpaired) electrons. The number of carbonyl (C=O) groups is 2. The number of aromatic nitrogens is 2. The molecule has 1 unspecified atom stereocenters. The summed E-state index contributed by atoms with van der Waals surface area (Å²) < 4.78 is 7.06. The van der Waals surface area contributed by atoms with E-state index in [2.05, 4.69) is 10.3 Å². The largest absolute Gasteiger partial charge is 0.479 e. The highest BCUT2D eigenvalue weighted by atomic mass is 16.5. The van der Waals surface area contributed by atoms with Crippen molar-refractivity contribution in [1.82, 2.24) is 19.8 Å². The maximum Gasteiger partial charge on any atom is 0.334 e. The summed E-state index contributed by atoms with van der Waals surface area (Å²) >= 11 is 0. The van der Waals surface area contributed by atoms with E-state index in [4.69, 9.17) is 9.84 Å². The second-order valence-electron chi connectivity index (χ2n) is 4.88. The van der Waals surface area contributed by atoms with Gasteiger partial charge in [-0.15, -0.1) is 0 Å². The van der Waals surface area contributed by atoms with E-state index >= 15 is 0 Å². The van der Waals surface area contributed by atoms with Crippen molar-refractivity contribution in [3.63, 3.8) is 0 Å². The number of ether oxygens (including phenoxy) is 1. The normalized spacial score (nSPS) is 18.5. The lowest BCUT2D eigenvalue weighted by Gasteiger charge is -2.30. The molecule has 2 rings (SSSR count). The van der Waals surface area contributed by atoms with E-state index < -0.39 is 12.1 Å². The molecule has 2 heterocycles. The number of aliphatic carboxylic acids is 1. The molecule has 116 valence electrons. The molecule has 0 aromatic carbocycles. The fraction of sp³-hybridized carbons (Fsp3) is 0.615. The minimum Gasteiger partial charge on any atom is -0.479 e. The topological polar surface area (TPSA) is 96.7 Å². The maximum absolute atomic E-state index is 11.9. The van der Waals surface area contributed by atoms with Crippen LogP contribution in [0.5, 0.6) is 0 Å². The molecule has 1 aromatic heterocycles. The minimum atomic E-state index is -1.03. The number of nitrogens with one attached hydrogen (secondary N) is 1. The van der Waals surface area contributed by atoms with Gasteiger partial charge in [-0.25, -0.2) is 14.6 Å². The molecule has 21 heavy (non-hydrogen) atoms. The number of nitrogens with zero attached hydrogens (tertiary/aromatic N) is 3. The van der Waals surface area contributed by atoms with Crippen molar-refractivity contribution in [2.24, 2.45) is 0 Å². The minimum absolute atomic E-state index is 0.0935. The van der Waals surface area contributed by atoms with Crippen LogP contribution in [0.1, 0.15) is 12.8 Å². The summed E-state index contributed by atoms with van der Waals surface area (Å²) in [5, 5.41) is 11.7.